The summed E-state index contributed by atoms with van der Waals surface area (Å²) in [6.45, 7) is 3.70. The molecule has 0 fully saturated rings. The Hall–Kier alpha value is -2.14. The average molecular weight is 276 g/mol. The fourth-order valence-corrected chi connectivity index (χ4v) is 1.76. The molecule has 1 aromatic heterocycles. The van der Waals surface area contributed by atoms with E-state index in [-0.39, 0.29) is 24.3 Å². The topological polar surface area (TPSA) is 54.3 Å². The third-order valence-corrected chi connectivity index (χ3v) is 2.99. The van der Waals surface area contributed by atoms with Crippen LogP contribution in [0, 0.1) is 12.7 Å². The summed E-state index contributed by atoms with van der Waals surface area (Å²) in [6, 6.07) is 8.18. The molecule has 0 aliphatic carbocycles. The summed E-state index contributed by atoms with van der Waals surface area (Å²) in [4.78, 5) is 11.8. The van der Waals surface area contributed by atoms with E-state index in [9.17, 15) is 9.18 Å². The van der Waals surface area contributed by atoms with Crippen LogP contribution in [0.5, 0.6) is 0 Å². The van der Waals surface area contributed by atoms with Crippen molar-refractivity contribution in [3.63, 3.8) is 0 Å². The zero-order valence-corrected chi connectivity index (χ0v) is 11.4. The molecule has 1 aromatic carbocycles. The molecule has 2 rings (SSSR count). The second-order valence-electron chi connectivity index (χ2n) is 4.63. The van der Waals surface area contributed by atoms with Crippen molar-refractivity contribution in [2.24, 2.45) is 0 Å². The first kappa shape index (κ1) is 14.3. The lowest BCUT2D eigenvalue weighted by atomic mass is 10.2. The summed E-state index contributed by atoms with van der Waals surface area (Å²) in [5.74, 6) is 0.200. The predicted molar refractivity (Wildman–Crippen MR) is 74.9 cm³/mol. The number of nitrogens with one attached hydrogen (secondary N) is 2. The fraction of sp³-hybridized carbons (Fsp3) is 0.267. The molecule has 0 saturated heterocycles. The Labute approximate surface area is 117 Å². The molecule has 0 aliphatic heterocycles. The van der Waals surface area contributed by atoms with Crippen LogP contribution in [0.3, 0.4) is 0 Å². The van der Waals surface area contributed by atoms with E-state index in [4.69, 9.17) is 4.42 Å². The minimum atomic E-state index is -0.334. The largest absolute Gasteiger partial charge is 0.468 e. The monoisotopic (exact) mass is 276 g/mol. The molecule has 20 heavy (non-hydrogen) atoms. The first-order valence-electron chi connectivity index (χ1n) is 6.39. The molecule has 4 nitrogen and oxygen atoms in total. The van der Waals surface area contributed by atoms with Gasteiger partial charge in [-0.05, 0) is 43.7 Å². The van der Waals surface area contributed by atoms with Crippen molar-refractivity contribution in [3.05, 3.63) is 53.7 Å². The molecule has 0 spiro atoms. The van der Waals surface area contributed by atoms with Crippen LogP contribution in [0.2, 0.25) is 0 Å². The van der Waals surface area contributed by atoms with Crippen molar-refractivity contribution < 1.29 is 13.6 Å². The number of benzene rings is 1. The van der Waals surface area contributed by atoms with E-state index in [1.54, 1.807) is 31.4 Å². The van der Waals surface area contributed by atoms with Crippen molar-refractivity contribution in [1.29, 1.82) is 0 Å². The Morgan fingerprint density at radius 3 is 2.85 bits per heavy atom. The summed E-state index contributed by atoms with van der Waals surface area (Å²) < 4.78 is 18.6. The van der Waals surface area contributed by atoms with Gasteiger partial charge in [0.05, 0.1) is 18.8 Å². The van der Waals surface area contributed by atoms with Crippen molar-refractivity contribution >= 4 is 11.6 Å². The number of carbonyl (C=O) groups is 1. The lowest BCUT2D eigenvalue weighted by molar-refractivity contribution is -0.115. The zero-order chi connectivity index (χ0) is 14.5. The maximum Gasteiger partial charge on any atom is 0.238 e. The number of hydrogen-bond donors (Lipinski definition) is 2. The second-order valence-corrected chi connectivity index (χ2v) is 4.63. The highest BCUT2D eigenvalue weighted by Crippen LogP contribution is 2.14. The van der Waals surface area contributed by atoms with Gasteiger partial charge in [-0.15, -0.1) is 0 Å². The van der Waals surface area contributed by atoms with Gasteiger partial charge in [-0.3, -0.25) is 10.1 Å². The minimum absolute atomic E-state index is 0.0643. The van der Waals surface area contributed by atoms with Gasteiger partial charge in [-0.2, -0.15) is 0 Å². The smallest absolute Gasteiger partial charge is 0.238 e. The van der Waals surface area contributed by atoms with E-state index in [0.717, 1.165) is 5.76 Å². The summed E-state index contributed by atoms with van der Waals surface area (Å²) in [7, 11) is 0. The normalized spacial score (nSPS) is 12.2. The van der Waals surface area contributed by atoms with Gasteiger partial charge in [-0.25, -0.2) is 4.39 Å². The van der Waals surface area contributed by atoms with E-state index < -0.39 is 0 Å². The van der Waals surface area contributed by atoms with Crippen LogP contribution < -0.4 is 10.6 Å². The predicted octanol–water partition coefficient (Wildman–Crippen LogP) is 3.02. The third-order valence-electron chi connectivity index (χ3n) is 2.99. The Bertz CT molecular complexity index is 582. The summed E-state index contributed by atoms with van der Waals surface area (Å²) in [5, 5.41) is 5.67. The van der Waals surface area contributed by atoms with Gasteiger partial charge >= 0.3 is 0 Å². The Morgan fingerprint density at radius 2 is 2.20 bits per heavy atom. The van der Waals surface area contributed by atoms with Gasteiger partial charge in [0.2, 0.25) is 5.91 Å². The Balaban J connectivity index is 1.85. The Morgan fingerprint density at radius 1 is 1.40 bits per heavy atom. The van der Waals surface area contributed by atoms with Gasteiger partial charge in [0.15, 0.2) is 0 Å². The molecule has 0 aliphatic rings. The number of amides is 1. The molecule has 0 radical (unpaired) electrons. The molecule has 1 atom stereocenters. The van der Waals surface area contributed by atoms with Gasteiger partial charge in [0.1, 0.15) is 11.6 Å². The lowest BCUT2D eigenvalue weighted by Gasteiger charge is -2.11. The van der Waals surface area contributed by atoms with Crippen LogP contribution in [0.1, 0.15) is 24.3 Å². The maximum absolute atomic E-state index is 13.4. The Kier molecular flexibility index (Phi) is 4.53. The first-order chi connectivity index (χ1) is 9.56. The highest BCUT2D eigenvalue weighted by Gasteiger charge is 2.10. The molecule has 2 aromatic rings. The van der Waals surface area contributed by atoms with Crippen LogP contribution in [0.4, 0.5) is 10.1 Å². The second kappa shape index (κ2) is 6.34. The molecular weight excluding hydrogens is 259 g/mol. The number of carbonyl (C=O) groups excluding carboxylic acids is 1. The van der Waals surface area contributed by atoms with Crippen molar-refractivity contribution in [2.45, 2.75) is 19.9 Å². The van der Waals surface area contributed by atoms with Gasteiger partial charge < -0.3 is 9.73 Å². The van der Waals surface area contributed by atoms with Crippen molar-refractivity contribution in [1.82, 2.24) is 5.32 Å². The van der Waals surface area contributed by atoms with E-state index >= 15 is 0 Å². The standard InChI is InChI=1S/C15H17FN2O2/c1-10-5-6-12(8-13(10)16)18-15(19)9-17-11(2)14-4-3-7-20-14/h3-8,11,17H,9H2,1-2H3,(H,18,19)/t11-/m1/s1. The van der Waals surface area contributed by atoms with Crippen molar-refractivity contribution in [2.75, 3.05) is 11.9 Å². The highest BCUT2D eigenvalue weighted by molar-refractivity contribution is 5.92. The van der Waals surface area contributed by atoms with Crippen LogP contribution in [-0.4, -0.2) is 12.5 Å². The van der Waals surface area contributed by atoms with E-state index in [1.807, 2.05) is 13.0 Å². The number of furan rings is 1. The van der Waals surface area contributed by atoms with E-state index in [1.165, 1.54) is 6.07 Å². The quantitative estimate of drug-likeness (QED) is 0.882. The SMILES string of the molecule is Cc1ccc(NC(=O)CN[C@H](C)c2ccco2)cc1F. The summed E-state index contributed by atoms with van der Waals surface area (Å²) in [6.07, 6.45) is 1.59. The highest BCUT2D eigenvalue weighted by atomic mass is 19.1. The molecule has 1 heterocycles. The third kappa shape index (κ3) is 3.68. The fourth-order valence-electron chi connectivity index (χ4n) is 1.76. The number of halogens is 1. The van der Waals surface area contributed by atoms with Gasteiger partial charge in [0.25, 0.3) is 0 Å². The molecule has 1 amide bonds. The van der Waals surface area contributed by atoms with Crippen molar-refractivity contribution in [3.8, 4) is 0 Å². The molecule has 106 valence electrons. The first-order valence-corrected chi connectivity index (χ1v) is 6.39. The molecule has 0 unspecified atom stereocenters. The molecular formula is C15H17FN2O2. The zero-order valence-electron chi connectivity index (χ0n) is 11.4. The summed E-state index contributed by atoms with van der Waals surface area (Å²) in [5.41, 5.74) is 0.998. The lowest BCUT2D eigenvalue weighted by Crippen LogP contribution is -2.30. The molecule has 0 bridgehead atoms. The number of rotatable bonds is 5. The van der Waals surface area contributed by atoms with Gasteiger partial charge in [-0.1, -0.05) is 6.07 Å². The van der Waals surface area contributed by atoms with Gasteiger partial charge in [0, 0.05) is 5.69 Å². The average Bonchev–Trinajstić information content (AvgIpc) is 2.94. The molecule has 0 saturated carbocycles. The number of anilines is 1. The number of aryl methyl sites for hydroxylation is 1. The molecule has 5 heteroatoms. The van der Waals surface area contributed by atoms with Crippen LogP contribution in [-0.2, 0) is 4.79 Å². The number of hydrogen-bond acceptors (Lipinski definition) is 3. The molecule has 2 N–H and O–H groups in total. The van der Waals surface area contributed by atoms with E-state index in [0.29, 0.717) is 11.3 Å². The maximum atomic E-state index is 13.4. The van der Waals surface area contributed by atoms with E-state index in [2.05, 4.69) is 10.6 Å². The summed E-state index contributed by atoms with van der Waals surface area (Å²) >= 11 is 0. The minimum Gasteiger partial charge on any atom is -0.468 e. The van der Waals surface area contributed by atoms with Crippen LogP contribution in [0.15, 0.2) is 41.0 Å². The van der Waals surface area contributed by atoms with Crippen LogP contribution in [0.25, 0.3) is 0 Å². The van der Waals surface area contributed by atoms with Crippen LogP contribution >= 0.6 is 0 Å².